The highest BCUT2D eigenvalue weighted by Crippen LogP contribution is 2.32. The lowest BCUT2D eigenvalue weighted by Crippen LogP contribution is -2.19. The molecule has 0 aromatic heterocycles. The molecule has 11 nitrogen and oxygen atoms in total. The molecule has 1 heterocycles. The van der Waals surface area contributed by atoms with E-state index in [4.69, 9.17) is 0 Å². The Bertz CT molecular complexity index is 1740. The third-order valence-corrected chi connectivity index (χ3v) is 8.48. The van der Waals surface area contributed by atoms with Crippen molar-refractivity contribution in [3.05, 3.63) is 144 Å². The highest BCUT2D eigenvalue weighted by Gasteiger charge is 2.22. The van der Waals surface area contributed by atoms with Crippen LogP contribution >= 0.6 is 15.9 Å². The van der Waals surface area contributed by atoms with Crippen molar-refractivity contribution in [3.8, 4) is 0 Å². The third kappa shape index (κ3) is 9.23. The molecule has 0 N–H and O–H groups in total. The number of nitrogens with zero attached hydrogens (tertiary/aromatic N) is 3. The van der Waals surface area contributed by atoms with Gasteiger partial charge in [0.25, 0.3) is 11.4 Å². The number of hydrogen-bond acceptors (Lipinski definition) is 9. The van der Waals surface area contributed by atoms with Gasteiger partial charge in [-0.2, -0.15) is 0 Å². The number of esters is 2. The average molecular weight is 705 g/mol. The summed E-state index contributed by atoms with van der Waals surface area (Å²) in [6, 6.07) is 24.7. The van der Waals surface area contributed by atoms with Gasteiger partial charge in [-0.3, -0.25) is 20.2 Å². The number of non-ortho nitro benzene ring substituents is 2. The minimum Gasteiger partial charge on any atom is -0.465 e. The molecule has 0 amide bonds. The second kappa shape index (κ2) is 16.5. The van der Waals surface area contributed by atoms with Gasteiger partial charge in [-0.05, 0) is 83.8 Å². The van der Waals surface area contributed by atoms with E-state index in [0.29, 0.717) is 17.7 Å². The summed E-state index contributed by atoms with van der Waals surface area (Å²) in [4.78, 5) is 45.1. The van der Waals surface area contributed by atoms with Crippen LogP contribution in [0, 0.1) is 20.2 Å². The number of halogens is 1. The first-order valence-electron chi connectivity index (χ1n) is 14.8. The number of carbonyl (C=O) groups excluding carboxylic acids is 2. The van der Waals surface area contributed by atoms with E-state index in [9.17, 15) is 29.8 Å². The highest BCUT2D eigenvalue weighted by molar-refractivity contribution is 9.08. The van der Waals surface area contributed by atoms with Gasteiger partial charge in [-0.25, -0.2) is 9.59 Å². The van der Waals surface area contributed by atoms with Gasteiger partial charge < -0.3 is 14.4 Å². The zero-order chi connectivity index (χ0) is 33.9. The number of hydrogen-bond donors (Lipinski definition) is 0. The Balaban J connectivity index is 0.000000176. The van der Waals surface area contributed by atoms with Crippen LogP contribution in [0.2, 0.25) is 0 Å². The van der Waals surface area contributed by atoms with Crippen LogP contribution in [0.5, 0.6) is 0 Å². The summed E-state index contributed by atoms with van der Waals surface area (Å²) in [6.07, 6.45) is 4.01. The van der Waals surface area contributed by atoms with E-state index in [1.54, 1.807) is 42.5 Å². The molecule has 0 unspecified atom stereocenters. The molecule has 0 fully saturated rings. The molecule has 1 aliphatic heterocycles. The fourth-order valence-corrected chi connectivity index (χ4v) is 5.71. The van der Waals surface area contributed by atoms with Gasteiger partial charge in [0.05, 0.1) is 35.2 Å². The lowest BCUT2D eigenvalue weighted by atomic mass is 10.1. The number of fused-ring (bicyclic) bond motifs is 2. The van der Waals surface area contributed by atoms with E-state index >= 15 is 0 Å². The summed E-state index contributed by atoms with van der Waals surface area (Å²) in [5.41, 5.74) is 8.15. The van der Waals surface area contributed by atoms with Crippen LogP contribution in [0.15, 0.2) is 84.9 Å². The maximum absolute atomic E-state index is 11.4. The van der Waals surface area contributed by atoms with Crippen LogP contribution in [0.25, 0.3) is 0 Å². The maximum Gasteiger partial charge on any atom is 0.337 e. The summed E-state index contributed by atoms with van der Waals surface area (Å²) in [5.74, 6) is -0.647. The van der Waals surface area contributed by atoms with Crippen LogP contribution in [-0.4, -0.2) is 42.5 Å². The number of ether oxygens (including phenoxy) is 2. The smallest absolute Gasteiger partial charge is 0.337 e. The van der Waals surface area contributed by atoms with Gasteiger partial charge in [-0.15, -0.1) is 0 Å². The van der Waals surface area contributed by atoms with Crippen LogP contribution in [0.4, 0.5) is 17.1 Å². The predicted molar refractivity (Wildman–Crippen MR) is 181 cm³/mol. The van der Waals surface area contributed by atoms with Crippen LogP contribution in [-0.2, 0) is 40.6 Å². The van der Waals surface area contributed by atoms with Gasteiger partial charge in [0.1, 0.15) is 0 Å². The molecule has 0 atom stereocenters. The number of carbonyl (C=O) groups is 2. The van der Waals surface area contributed by atoms with Crippen LogP contribution in [0.3, 0.4) is 0 Å². The molecule has 1 aliphatic carbocycles. The van der Waals surface area contributed by atoms with Crippen molar-refractivity contribution < 1.29 is 28.9 Å². The maximum atomic E-state index is 11.4. The zero-order valence-electron chi connectivity index (χ0n) is 26.0. The van der Waals surface area contributed by atoms with Crippen molar-refractivity contribution in [2.24, 2.45) is 0 Å². The number of nitro groups is 2. The monoisotopic (exact) mass is 703 g/mol. The van der Waals surface area contributed by atoms with Gasteiger partial charge in [-0.1, -0.05) is 46.3 Å². The van der Waals surface area contributed by atoms with E-state index in [1.165, 1.54) is 25.8 Å². The molecule has 0 spiro atoms. The minimum absolute atomic E-state index is 0.132. The molecule has 47 heavy (non-hydrogen) atoms. The molecule has 244 valence electrons. The zero-order valence-corrected chi connectivity index (χ0v) is 27.6. The number of methoxy groups -OCH3 is 2. The predicted octanol–water partition coefficient (Wildman–Crippen LogP) is 7.40. The molecule has 4 aromatic rings. The SMILES string of the molecule is COC(=O)c1ccc(CBr)cc1.COC(=O)c1ccc(CN2CCc3cc([N+](=O)[O-])ccc32)cc1.O=[N+]([O-])c1ccc2c(c1)CCC2. The standard InChI is InChI=1S/C17H16N2O4.C9H9BrO2.C9H9NO2/c1-23-17(20)13-4-2-12(3-5-13)11-18-9-8-14-10-15(19(21)22)6-7-16(14)18;1-12-9(11)8-4-2-7(6-10)3-5-8;11-10(12)9-5-4-7-2-1-3-8(7)6-9/h2-7,10H,8-9,11H2,1H3;2-5H,6H2,1H3;4-6H,1-3H2. The number of aryl methyl sites for hydroxylation is 2. The Morgan fingerprint density at radius 2 is 1.21 bits per heavy atom. The first kappa shape index (κ1) is 34.8. The van der Waals surface area contributed by atoms with Crippen molar-refractivity contribution in [3.63, 3.8) is 0 Å². The molecule has 0 saturated carbocycles. The van der Waals surface area contributed by atoms with E-state index < -0.39 is 0 Å². The van der Waals surface area contributed by atoms with E-state index in [-0.39, 0.29) is 33.2 Å². The molecule has 6 rings (SSSR count). The quantitative estimate of drug-likeness (QED) is 0.0833. The van der Waals surface area contributed by atoms with Crippen molar-refractivity contribution in [1.82, 2.24) is 0 Å². The van der Waals surface area contributed by atoms with Crippen LogP contribution < -0.4 is 4.90 Å². The molecular formula is C35H34BrN3O8. The lowest BCUT2D eigenvalue weighted by molar-refractivity contribution is -0.385. The first-order chi connectivity index (χ1) is 22.6. The number of rotatable bonds is 7. The highest BCUT2D eigenvalue weighted by atomic mass is 79.9. The lowest BCUT2D eigenvalue weighted by Gasteiger charge is -2.19. The average Bonchev–Trinajstić information content (AvgIpc) is 3.75. The Hall–Kier alpha value is -5.10. The second-order valence-electron chi connectivity index (χ2n) is 10.8. The Labute approximate surface area is 280 Å². The number of benzene rings is 4. The third-order valence-electron chi connectivity index (χ3n) is 7.84. The summed E-state index contributed by atoms with van der Waals surface area (Å²) >= 11 is 3.32. The Morgan fingerprint density at radius 3 is 1.74 bits per heavy atom. The number of alkyl halides is 1. The molecule has 2 aliphatic rings. The summed E-state index contributed by atoms with van der Waals surface area (Å²) < 4.78 is 9.24. The molecule has 4 aromatic carbocycles. The van der Waals surface area contributed by atoms with Crippen molar-refractivity contribution in [2.75, 3.05) is 25.7 Å². The largest absolute Gasteiger partial charge is 0.465 e. The van der Waals surface area contributed by atoms with Gasteiger partial charge >= 0.3 is 11.9 Å². The van der Waals surface area contributed by atoms with Crippen molar-refractivity contribution in [1.29, 1.82) is 0 Å². The number of nitro benzene ring substituents is 2. The summed E-state index contributed by atoms with van der Waals surface area (Å²) in [6.45, 7) is 1.53. The fourth-order valence-electron chi connectivity index (χ4n) is 5.34. The van der Waals surface area contributed by atoms with E-state index in [1.807, 2.05) is 36.4 Å². The van der Waals surface area contributed by atoms with E-state index in [0.717, 1.165) is 65.5 Å². The van der Waals surface area contributed by atoms with Crippen molar-refractivity contribution >= 4 is 44.9 Å². The molecule has 0 radical (unpaired) electrons. The van der Waals surface area contributed by atoms with Crippen molar-refractivity contribution in [2.45, 2.75) is 37.6 Å². The van der Waals surface area contributed by atoms with Crippen LogP contribution in [0.1, 0.15) is 55.0 Å². The van der Waals surface area contributed by atoms with Gasteiger partial charge in [0.2, 0.25) is 0 Å². The normalized spacial score (nSPS) is 12.4. The topological polar surface area (TPSA) is 142 Å². The summed E-state index contributed by atoms with van der Waals surface area (Å²) in [5, 5.41) is 22.0. The minimum atomic E-state index is -0.367. The molecule has 0 bridgehead atoms. The Morgan fingerprint density at radius 1 is 0.702 bits per heavy atom. The van der Waals surface area contributed by atoms with Gasteiger partial charge in [0, 0.05) is 48.4 Å². The second-order valence-corrected chi connectivity index (χ2v) is 11.4. The van der Waals surface area contributed by atoms with Gasteiger partial charge in [0.15, 0.2) is 0 Å². The molecule has 0 saturated heterocycles. The fraction of sp³-hybridized carbons (Fsp3) is 0.257. The number of anilines is 1. The van der Waals surface area contributed by atoms with E-state index in [2.05, 4.69) is 30.3 Å². The summed E-state index contributed by atoms with van der Waals surface area (Å²) in [7, 11) is 2.73. The molecule has 12 heteroatoms. The Kier molecular flexibility index (Phi) is 12.2. The first-order valence-corrected chi connectivity index (χ1v) is 15.9. The molecular weight excluding hydrogens is 670 g/mol.